The van der Waals surface area contributed by atoms with E-state index < -0.39 is 29.6 Å². The average Bonchev–Trinajstić information content (AvgIpc) is 3.24. The lowest BCUT2D eigenvalue weighted by atomic mass is 9.93. The summed E-state index contributed by atoms with van der Waals surface area (Å²) in [5.41, 5.74) is 9.25. The molecule has 1 aromatic carbocycles. The van der Waals surface area contributed by atoms with Gasteiger partial charge in [-0.25, -0.2) is 17.7 Å². The van der Waals surface area contributed by atoms with Gasteiger partial charge in [-0.3, -0.25) is 9.69 Å². The summed E-state index contributed by atoms with van der Waals surface area (Å²) in [6.07, 6.45) is -0.354. The molecule has 30 heavy (non-hydrogen) atoms. The van der Waals surface area contributed by atoms with Crippen LogP contribution in [-0.4, -0.2) is 38.2 Å². The number of nitrogens with zero attached hydrogens (tertiary/aromatic N) is 3. The Morgan fingerprint density at radius 1 is 1.17 bits per heavy atom. The number of aromatic amines is 1. The molecule has 0 spiro atoms. The topological polar surface area (TPSA) is 88.6 Å². The Morgan fingerprint density at radius 3 is 2.70 bits per heavy atom. The minimum Gasteiger partial charge on any atom is -0.370 e. The second-order valence-corrected chi connectivity index (χ2v) is 7.96. The van der Waals surface area contributed by atoms with Crippen molar-refractivity contribution in [2.45, 2.75) is 44.6 Å². The van der Waals surface area contributed by atoms with Crippen LogP contribution in [0.5, 0.6) is 0 Å². The minimum absolute atomic E-state index is 0.0459. The van der Waals surface area contributed by atoms with E-state index in [1.54, 1.807) is 4.52 Å². The van der Waals surface area contributed by atoms with Crippen molar-refractivity contribution in [1.82, 2.24) is 19.5 Å². The van der Waals surface area contributed by atoms with E-state index in [0.29, 0.717) is 31.2 Å². The Bertz CT molecular complexity index is 1210. The lowest BCUT2D eigenvalue weighted by molar-refractivity contribution is -0.0533. The van der Waals surface area contributed by atoms with Gasteiger partial charge >= 0.3 is 0 Å². The van der Waals surface area contributed by atoms with Gasteiger partial charge in [-0.15, -0.1) is 0 Å². The van der Waals surface area contributed by atoms with Crippen LogP contribution in [-0.2, 0) is 17.8 Å². The standard InChI is InChI=1S/C20H20F3N5O2/c1-9-2-18(29)25-20-12-6-27(7-17(12)26-28(9)20)10-3-16(24)19(30-8-10)11-4-14(22)15(23)5-13(11)21/h2,4-5,10,16,19H,3,6-8,24H2,1H3,(H,25,29)/t10-,16+,19-/m1/s1. The molecule has 1 fully saturated rings. The molecule has 0 radical (unpaired) electrons. The average molecular weight is 419 g/mol. The summed E-state index contributed by atoms with van der Waals surface area (Å²) >= 11 is 0. The summed E-state index contributed by atoms with van der Waals surface area (Å²) in [4.78, 5) is 16.8. The molecular weight excluding hydrogens is 399 g/mol. The first-order chi connectivity index (χ1) is 14.3. The van der Waals surface area contributed by atoms with Crippen molar-refractivity contribution in [2.24, 2.45) is 5.73 Å². The molecule has 7 nitrogen and oxygen atoms in total. The fraction of sp³-hybridized carbons (Fsp3) is 0.400. The highest BCUT2D eigenvalue weighted by molar-refractivity contribution is 5.52. The molecule has 0 saturated carbocycles. The minimum atomic E-state index is -1.24. The van der Waals surface area contributed by atoms with Crippen LogP contribution in [0.4, 0.5) is 13.2 Å². The molecule has 0 unspecified atom stereocenters. The highest BCUT2D eigenvalue weighted by atomic mass is 19.2. The number of benzene rings is 1. The number of nitrogens with one attached hydrogen (secondary N) is 1. The molecule has 3 aromatic rings. The van der Waals surface area contributed by atoms with E-state index in [4.69, 9.17) is 10.5 Å². The quantitative estimate of drug-likeness (QED) is 0.620. The SMILES string of the molecule is Cc1cc(=O)[nH]c2c3c(nn12)CN([C@H]1CO[C@H](c2cc(F)c(F)cc2F)[C@@H](N)C1)C3. The molecule has 158 valence electrons. The smallest absolute Gasteiger partial charge is 0.251 e. The molecule has 3 atom stereocenters. The Balaban J connectivity index is 1.34. The zero-order valence-corrected chi connectivity index (χ0v) is 16.2. The molecule has 10 heteroatoms. The number of hydrogen-bond donors (Lipinski definition) is 2. The van der Waals surface area contributed by atoms with E-state index in [1.165, 1.54) is 6.07 Å². The molecule has 2 aliphatic rings. The summed E-state index contributed by atoms with van der Waals surface area (Å²) in [6.45, 7) is 3.24. The van der Waals surface area contributed by atoms with Gasteiger partial charge in [-0.05, 0) is 19.4 Å². The van der Waals surface area contributed by atoms with E-state index in [-0.39, 0.29) is 23.8 Å². The molecule has 2 aliphatic heterocycles. The van der Waals surface area contributed by atoms with Crippen LogP contribution >= 0.6 is 0 Å². The number of ether oxygens (including phenoxy) is 1. The largest absolute Gasteiger partial charge is 0.370 e. The maximum Gasteiger partial charge on any atom is 0.251 e. The molecule has 3 N–H and O–H groups in total. The number of hydrogen-bond acceptors (Lipinski definition) is 5. The normalized spacial score (nSPS) is 24.5. The Hall–Kier alpha value is -2.69. The first kappa shape index (κ1) is 19.3. The first-order valence-corrected chi connectivity index (χ1v) is 9.68. The van der Waals surface area contributed by atoms with Crippen molar-refractivity contribution >= 4 is 5.65 Å². The molecule has 2 aromatic heterocycles. The maximum absolute atomic E-state index is 14.1. The van der Waals surface area contributed by atoms with E-state index in [1.807, 2.05) is 6.92 Å². The molecular formula is C20H20F3N5O2. The fourth-order valence-electron chi connectivity index (χ4n) is 4.46. The van der Waals surface area contributed by atoms with E-state index in [0.717, 1.165) is 23.0 Å². The number of rotatable bonds is 2. The fourth-order valence-corrected chi connectivity index (χ4v) is 4.46. The van der Waals surface area contributed by atoms with E-state index in [2.05, 4.69) is 15.0 Å². The van der Waals surface area contributed by atoms with Crippen LogP contribution < -0.4 is 11.3 Å². The number of aryl methyl sites for hydroxylation is 1. The van der Waals surface area contributed by atoms with Gasteiger partial charge in [0.05, 0.1) is 12.3 Å². The summed E-state index contributed by atoms with van der Waals surface area (Å²) in [6, 6.07) is 2.20. The van der Waals surface area contributed by atoms with Crippen molar-refractivity contribution in [3.63, 3.8) is 0 Å². The van der Waals surface area contributed by atoms with Crippen LogP contribution in [0.2, 0.25) is 0 Å². The number of H-pyrrole nitrogens is 1. The molecule has 0 aliphatic carbocycles. The lowest BCUT2D eigenvalue weighted by Gasteiger charge is -2.38. The maximum atomic E-state index is 14.1. The van der Waals surface area contributed by atoms with Crippen LogP contribution in [0.1, 0.15) is 35.0 Å². The second-order valence-electron chi connectivity index (χ2n) is 7.96. The van der Waals surface area contributed by atoms with Crippen molar-refractivity contribution < 1.29 is 17.9 Å². The zero-order chi connectivity index (χ0) is 21.2. The summed E-state index contributed by atoms with van der Waals surface area (Å²) in [5, 5.41) is 4.60. The summed E-state index contributed by atoms with van der Waals surface area (Å²) in [7, 11) is 0. The Kier molecular flexibility index (Phi) is 4.46. The molecule has 1 saturated heterocycles. The van der Waals surface area contributed by atoms with Gasteiger partial charge < -0.3 is 15.5 Å². The van der Waals surface area contributed by atoms with Gasteiger partial charge in [0.2, 0.25) is 0 Å². The predicted octanol–water partition coefficient (Wildman–Crippen LogP) is 1.92. The third-order valence-corrected chi connectivity index (χ3v) is 5.96. The van der Waals surface area contributed by atoms with Gasteiger partial charge in [0.15, 0.2) is 11.6 Å². The van der Waals surface area contributed by atoms with Gasteiger partial charge in [0.25, 0.3) is 5.56 Å². The first-order valence-electron chi connectivity index (χ1n) is 9.68. The molecule has 4 heterocycles. The van der Waals surface area contributed by atoms with Gasteiger partial charge in [-0.2, -0.15) is 5.10 Å². The molecule has 5 rings (SSSR count). The van der Waals surface area contributed by atoms with E-state index >= 15 is 0 Å². The monoisotopic (exact) mass is 419 g/mol. The highest BCUT2D eigenvalue weighted by Gasteiger charge is 2.38. The molecule has 0 amide bonds. The predicted molar refractivity (Wildman–Crippen MR) is 101 cm³/mol. The summed E-state index contributed by atoms with van der Waals surface area (Å²) < 4.78 is 48.5. The van der Waals surface area contributed by atoms with Crippen LogP contribution in [0, 0.1) is 24.4 Å². The second kappa shape index (κ2) is 6.93. The number of aromatic nitrogens is 3. The van der Waals surface area contributed by atoms with Gasteiger partial charge in [-0.1, -0.05) is 0 Å². The number of fused-ring (bicyclic) bond motifs is 3. The van der Waals surface area contributed by atoms with E-state index in [9.17, 15) is 18.0 Å². The molecule has 0 bridgehead atoms. The van der Waals surface area contributed by atoms with Crippen molar-refractivity contribution in [3.8, 4) is 0 Å². The van der Waals surface area contributed by atoms with Crippen molar-refractivity contribution in [1.29, 1.82) is 0 Å². The number of nitrogens with two attached hydrogens (primary N) is 1. The van der Waals surface area contributed by atoms with Crippen LogP contribution in [0.3, 0.4) is 0 Å². The third kappa shape index (κ3) is 3.03. The Labute approximate surface area is 169 Å². The Morgan fingerprint density at radius 2 is 1.93 bits per heavy atom. The van der Waals surface area contributed by atoms with Gasteiger partial charge in [0, 0.05) is 54.1 Å². The number of halogens is 3. The van der Waals surface area contributed by atoms with Crippen LogP contribution in [0.25, 0.3) is 5.65 Å². The zero-order valence-electron chi connectivity index (χ0n) is 16.2. The summed E-state index contributed by atoms with van der Waals surface area (Å²) in [5.74, 6) is -3.25. The van der Waals surface area contributed by atoms with Crippen LogP contribution in [0.15, 0.2) is 23.0 Å². The highest BCUT2D eigenvalue weighted by Crippen LogP contribution is 2.35. The van der Waals surface area contributed by atoms with Gasteiger partial charge in [0.1, 0.15) is 17.6 Å². The van der Waals surface area contributed by atoms with Crippen molar-refractivity contribution in [3.05, 3.63) is 68.5 Å². The van der Waals surface area contributed by atoms with Crippen molar-refractivity contribution in [2.75, 3.05) is 6.61 Å². The third-order valence-electron chi connectivity index (χ3n) is 5.96. The lowest BCUT2D eigenvalue weighted by Crippen LogP contribution is -2.47.